The molecule has 5 nitrogen and oxygen atoms in total. The molecule has 0 saturated carbocycles. The van der Waals surface area contributed by atoms with Gasteiger partial charge in [-0.05, 0) is 49.7 Å². The fourth-order valence-electron chi connectivity index (χ4n) is 4.43. The number of hydrogen-bond donors (Lipinski definition) is 1. The van der Waals surface area contributed by atoms with E-state index in [0.29, 0.717) is 6.04 Å². The summed E-state index contributed by atoms with van der Waals surface area (Å²) >= 11 is 0. The van der Waals surface area contributed by atoms with Crippen LogP contribution in [0.25, 0.3) is 0 Å². The molecule has 2 fully saturated rings. The second-order valence-electron chi connectivity index (χ2n) is 7.90. The highest BCUT2D eigenvalue weighted by atomic mass is 16.5. The first-order valence-corrected chi connectivity index (χ1v) is 10.8. The highest BCUT2D eigenvalue weighted by molar-refractivity contribution is 5.48. The zero-order valence-electron chi connectivity index (χ0n) is 17.5. The van der Waals surface area contributed by atoms with E-state index >= 15 is 0 Å². The fraction of sp³-hybridized carbons (Fsp3) is 0.500. The molecule has 0 radical (unpaired) electrons. The standard InChI is InChI=1S/C24H33N3O2/c1-28-24-7-3-2-6-22(24)23(27-12-4-5-13-27)19-25-18-20-8-10-21(11-9-20)26-14-16-29-17-15-26/h2-3,6-11,23,25H,4-5,12-19H2,1H3/t23-/m0/s1. The Morgan fingerprint density at radius 3 is 2.41 bits per heavy atom. The first-order chi connectivity index (χ1) is 14.3. The van der Waals surface area contributed by atoms with Crippen LogP contribution in [0.1, 0.15) is 30.0 Å². The van der Waals surface area contributed by atoms with Gasteiger partial charge >= 0.3 is 0 Å². The van der Waals surface area contributed by atoms with Crippen LogP contribution in [-0.4, -0.2) is 57.9 Å². The maximum absolute atomic E-state index is 5.65. The van der Waals surface area contributed by atoms with Crippen molar-refractivity contribution < 1.29 is 9.47 Å². The lowest BCUT2D eigenvalue weighted by Crippen LogP contribution is -2.36. The molecule has 0 aliphatic carbocycles. The molecule has 2 aliphatic heterocycles. The number of hydrogen-bond acceptors (Lipinski definition) is 5. The Labute approximate surface area is 174 Å². The molecule has 0 spiro atoms. The van der Waals surface area contributed by atoms with E-state index in [2.05, 4.69) is 57.6 Å². The van der Waals surface area contributed by atoms with Gasteiger partial charge in [-0.2, -0.15) is 0 Å². The van der Waals surface area contributed by atoms with Crippen LogP contribution < -0.4 is 15.0 Å². The van der Waals surface area contributed by atoms with Crippen LogP contribution >= 0.6 is 0 Å². The summed E-state index contributed by atoms with van der Waals surface area (Å²) < 4.78 is 11.1. The molecule has 29 heavy (non-hydrogen) atoms. The van der Waals surface area contributed by atoms with Crippen molar-refractivity contribution in [3.63, 3.8) is 0 Å². The third-order valence-corrected chi connectivity index (χ3v) is 6.06. The maximum Gasteiger partial charge on any atom is 0.123 e. The molecule has 1 N–H and O–H groups in total. The van der Waals surface area contributed by atoms with E-state index in [-0.39, 0.29) is 0 Å². The highest BCUT2D eigenvalue weighted by Gasteiger charge is 2.25. The number of morpholine rings is 1. The van der Waals surface area contributed by atoms with Gasteiger partial charge in [0.2, 0.25) is 0 Å². The van der Waals surface area contributed by atoms with E-state index in [1.807, 2.05) is 6.07 Å². The molecule has 2 aromatic carbocycles. The molecule has 4 rings (SSSR count). The number of para-hydroxylation sites is 1. The monoisotopic (exact) mass is 395 g/mol. The molecule has 2 aliphatic rings. The summed E-state index contributed by atoms with van der Waals surface area (Å²) in [5.74, 6) is 0.987. The van der Waals surface area contributed by atoms with Crippen molar-refractivity contribution in [2.75, 3.05) is 57.9 Å². The topological polar surface area (TPSA) is 37.0 Å². The lowest BCUT2D eigenvalue weighted by molar-refractivity contribution is 0.122. The second-order valence-corrected chi connectivity index (χ2v) is 7.90. The Bertz CT molecular complexity index is 753. The summed E-state index contributed by atoms with van der Waals surface area (Å²) in [7, 11) is 1.77. The van der Waals surface area contributed by atoms with Gasteiger partial charge in [-0.3, -0.25) is 4.90 Å². The minimum Gasteiger partial charge on any atom is -0.496 e. The molecule has 0 bridgehead atoms. The van der Waals surface area contributed by atoms with Crippen molar-refractivity contribution in [1.82, 2.24) is 10.2 Å². The van der Waals surface area contributed by atoms with E-state index in [1.54, 1.807) is 7.11 Å². The summed E-state index contributed by atoms with van der Waals surface area (Å²) in [5.41, 5.74) is 3.90. The molecular formula is C24H33N3O2. The molecule has 0 aromatic heterocycles. The van der Waals surface area contributed by atoms with Gasteiger partial charge in [0.25, 0.3) is 0 Å². The van der Waals surface area contributed by atoms with Gasteiger partial charge in [0, 0.05) is 37.4 Å². The fourth-order valence-corrected chi connectivity index (χ4v) is 4.43. The Balaban J connectivity index is 1.37. The van der Waals surface area contributed by atoms with E-state index < -0.39 is 0 Å². The molecule has 5 heteroatoms. The number of nitrogens with one attached hydrogen (secondary N) is 1. The predicted molar refractivity (Wildman–Crippen MR) is 118 cm³/mol. The normalized spacial score (nSPS) is 18.7. The number of benzene rings is 2. The van der Waals surface area contributed by atoms with E-state index in [1.165, 1.54) is 42.7 Å². The quantitative estimate of drug-likeness (QED) is 0.741. The van der Waals surface area contributed by atoms with Crippen LogP contribution in [0, 0.1) is 0 Å². The lowest BCUT2D eigenvalue weighted by Gasteiger charge is -2.30. The molecule has 156 valence electrons. The van der Waals surface area contributed by atoms with E-state index in [4.69, 9.17) is 9.47 Å². The highest BCUT2D eigenvalue weighted by Crippen LogP contribution is 2.31. The first-order valence-electron chi connectivity index (χ1n) is 10.8. The number of ether oxygens (including phenoxy) is 2. The summed E-state index contributed by atoms with van der Waals surface area (Å²) in [5, 5.41) is 3.70. The molecule has 0 amide bonds. The van der Waals surface area contributed by atoms with Gasteiger partial charge in [-0.25, -0.2) is 0 Å². The summed E-state index contributed by atoms with van der Waals surface area (Å²) in [6.45, 7) is 7.74. The third kappa shape index (κ3) is 5.10. The van der Waals surface area contributed by atoms with Gasteiger partial charge in [-0.1, -0.05) is 30.3 Å². The Hall–Kier alpha value is -2.08. The van der Waals surface area contributed by atoms with E-state index in [0.717, 1.165) is 45.1 Å². The lowest BCUT2D eigenvalue weighted by atomic mass is 10.0. The largest absolute Gasteiger partial charge is 0.496 e. The van der Waals surface area contributed by atoms with Crippen LogP contribution in [0.5, 0.6) is 5.75 Å². The molecular weight excluding hydrogens is 362 g/mol. The van der Waals surface area contributed by atoms with Gasteiger partial charge in [-0.15, -0.1) is 0 Å². The zero-order valence-corrected chi connectivity index (χ0v) is 17.5. The summed E-state index contributed by atoms with van der Waals surface area (Å²) in [6, 6.07) is 17.8. The maximum atomic E-state index is 5.65. The SMILES string of the molecule is COc1ccccc1[C@H](CNCc1ccc(N2CCOCC2)cc1)N1CCCC1. The minimum atomic E-state index is 0.348. The molecule has 0 unspecified atom stereocenters. The molecule has 2 aromatic rings. The van der Waals surface area contributed by atoms with Crippen molar-refractivity contribution in [3.8, 4) is 5.75 Å². The van der Waals surface area contributed by atoms with E-state index in [9.17, 15) is 0 Å². The number of anilines is 1. The van der Waals surface area contributed by atoms with Crippen molar-refractivity contribution in [1.29, 1.82) is 0 Å². The van der Waals surface area contributed by atoms with Crippen LogP contribution in [-0.2, 0) is 11.3 Å². The van der Waals surface area contributed by atoms with Crippen molar-refractivity contribution in [2.24, 2.45) is 0 Å². The number of likely N-dealkylation sites (tertiary alicyclic amines) is 1. The summed E-state index contributed by atoms with van der Waals surface area (Å²) in [4.78, 5) is 4.98. The first kappa shape index (κ1) is 20.2. The van der Waals surface area contributed by atoms with Gasteiger partial charge in [0.15, 0.2) is 0 Å². The average molecular weight is 396 g/mol. The van der Waals surface area contributed by atoms with Gasteiger partial charge < -0.3 is 19.7 Å². The number of nitrogens with zero attached hydrogens (tertiary/aromatic N) is 2. The number of rotatable bonds is 8. The Morgan fingerprint density at radius 2 is 1.69 bits per heavy atom. The van der Waals surface area contributed by atoms with Gasteiger partial charge in [0.05, 0.1) is 26.4 Å². The molecule has 2 saturated heterocycles. The van der Waals surface area contributed by atoms with Crippen LogP contribution in [0.4, 0.5) is 5.69 Å². The Kier molecular flexibility index (Phi) is 7.04. The molecule has 1 atom stereocenters. The van der Waals surface area contributed by atoms with Gasteiger partial charge in [0.1, 0.15) is 5.75 Å². The van der Waals surface area contributed by atoms with Crippen LogP contribution in [0.15, 0.2) is 48.5 Å². The van der Waals surface area contributed by atoms with Crippen molar-refractivity contribution in [2.45, 2.75) is 25.4 Å². The average Bonchev–Trinajstić information content (AvgIpc) is 3.32. The molecule has 2 heterocycles. The Morgan fingerprint density at radius 1 is 0.966 bits per heavy atom. The predicted octanol–water partition coefficient (Wildman–Crippen LogP) is 3.46. The summed E-state index contributed by atoms with van der Waals surface area (Å²) in [6.07, 6.45) is 2.57. The minimum absolute atomic E-state index is 0.348. The van der Waals surface area contributed by atoms with Crippen molar-refractivity contribution >= 4 is 5.69 Å². The zero-order chi connectivity index (χ0) is 19.9. The van der Waals surface area contributed by atoms with Crippen LogP contribution in [0.2, 0.25) is 0 Å². The second kappa shape index (κ2) is 10.1. The number of methoxy groups -OCH3 is 1. The smallest absolute Gasteiger partial charge is 0.123 e. The van der Waals surface area contributed by atoms with Crippen molar-refractivity contribution in [3.05, 3.63) is 59.7 Å². The third-order valence-electron chi connectivity index (χ3n) is 6.06. The van der Waals surface area contributed by atoms with Crippen LogP contribution in [0.3, 0.4) is 0 Å².